The van der Waals surface area contributed by atoms with E-state index in [9.17, 15) is 4.79 Å². The molecule has 6 heterocycles. The van der Waals surface area contributed by atoms with Gasteiger partial charge in [0.15, 0.2) is 0 Å². The van der Waals surface area contributed by atoms with Gasteiger partial charge >= 0.3 is 6.09 Å². The van der Waals surface area contributed by atoms with Gasteiger partial charge in [-0.15, -0.1) is 0 Å². The van der Waals surface area contributed by atoms with Crippen molar-refractivity contribution in [3.63, 3.8) is 0 Å². The molecular weight excluding hydrogens is 544 g/mol. The van der Waals surface area contributed by atoms with Crippen molar-refractivity contribution in [1.29, 1.82) is 0 Å². The summed E-state index contributed by atoms with van der Waals surface area (Å²) in [5, 5.41) is 3.41. The molecule has 0 saturated carbocycles. The molecule has 3 aromatic rings. The third-order valence-electron chi connectivity index (χ3n) is 9.01. The van der Waals surface area contributed by atoms with E-state index in [1.807, 2.05) is 24.4 Å². The largest absolute Gasteiger partial charge is 0.447 e. The molecule has 226 valence electrons. The summed E-state index contributed by atoms with van der Waals surface area (Å²) in [4.78, 5) is 35.5. The summed E-state index contributed by atoms with van der Waals surface area (Å²) < 4.78 is 11.4. The van der Waals surface area contributed by atoms with Crippen LogP contribution in [0.1, 0.15) is 39.7 Å². The number of fused-ring (bicyclic) bond motifs is 3. The smallest absolute Gasteiger partial charge is 0.415 e. The molecule has 2 aromatic heterocycles. The van der Waals surface area contributed by atoms with Gasteiger partial charge in [-0.05, 0) is 70.6 Å². The Labute approximate surface area is 252 Å². The highest BCUT2D eigenvalue weighted by molar-refractivity contribution is 5.88. The monoisotopic (exact) mass is 584 g/mol. The zero-order valence-corrected chi connectivity index (χ0v) is 25.6. The molecule has 4 aliphatic rings. The lowest BCUT2D eigenvalue weighted by Crippen LogP contribution is -2.44. The average Bonchev–Trinajstić information content (AvgIpc) is 3.75. The topological polar surface area (TPSA) is 99.2 Å². The number of nitrogens with zero attached hydrogens (tertiary/aromatic N) is 7. The summed E-state index contributed by atoms with van der Waals surface area (Å²) in [7, 11) is 2.23. The van der Waals surface area contributed by atoms with Crippen LogP contribution in [0.2, 0.25) is 0 Å². The highest BCUT2D eigenvalue weighted by atomic mass is 16.6. The van der Waals surface area contributed by atoms with Crippen molar-refractivity contribution in [1.82, 2.24) is 19.9 Å². The summed E-state index contributed by atoms with van der Waals surface area (Å²) in [5.74, 6) is 2.56. The normalized spacial score (nSPS) is 25.0. The highest BCUT2D eigenvalue weighted by Gasteiger charge is 2.44. The minimum Gasteiger partial charge on any atom is -0.447 e. The summed E-state index contributed by atoms with van der Waals surface area (Å²) >= 11 is 0. The van der Waals surface area contributed by atoms with Crippen LogP contribution in [-0.2, 0) is 14.9 Å². The number of carbonyl (C=O) groups excluding carboxylic acids is 1. The van der Waals surface area contributed by atoms with Crippen molar-refractivity contribution >= 4 is 40.9 Å². The van der Waals surface area contributed by atoms with Crippen molar-refractivity contribution in [3.8, 4) is 0 Å². The summed E-state index contributed by atoms with van der Waals surface area (Å²) in [5.41, 5.74) is 2.54. The van der Waals surface area contributed by atoms with Crippen LogP contribution in [0.5, 0.6) is 0 Å². The number of benzene rings is 1. The predicted octanol–water partition coefficient (Wildman–Crippen LogP) is 4.69. The molecule has 1 aromatic carbocycles. The van der Waals surface area contributed by atoms with Gasteiger partial charge in [0.25, 0.3) is 0 Å². The van der Waals surface area contributed by atoms with Crippen LogP contribution in [0, 0.1) is 0 Å². The lowest BCUT2D eigenvalue weighted by atomic mass is 9.87. The van der Waals surface area contributed by atoms with Crippen LogP contribution < -0.4 is 20.0 Å². The quantitative estimate of drug-likeness (QED) is 0.421. The first-order valence-corrected chi connectivity index (χ1v) is 15.1. The Hall–Kier alpha value is -3.96. The minimum atomic E-state index is -0.376. The van der Waals surface area contributed by atoms with Crippen LogP contribution >= 0.6 is 0 Å². The Balaban J connectivity index is 1.16. The highest BCUT2D eigenvalue weighted by Crippen LogP contribution is 2.44. The van der Waals surface area contributed by atoms with Gasteiger partial charge in [-0.3, -0.25) is 9.80 Å². The molecule has 7 rings (SSSR count). The molecule has 4 aliphatic heterocycles. The van der Waals surface area contributed by atoms with E-state index in [1.54, 1.807) is 4.90 Å². The number of pyridine rings is 1. The summed E-state index contributed by atoms with van der Waals surface area (Å²) in [6.45, 7) is 12.5. The number of ether oxygens (including phenoxy) is 2. The van der Waals surface area contributed by atoms with Crippen LogP contribution in [-0.4, -0.2) is 90.1 Å². The van der Waals surface area contributed by atoms with Gasteiger partial charge in [-0.1, -0.05) is 13.0 Å². The zero-order chi connectivity index (χ0) is 29.9. The molecule has 1 N–H and O–H groups in total. The predicted molar refractivity (Wildman–Crippen MR) is 167 cm³/mol. The van der Waals surface area contributed by atoms with E-state index in [0.717, 1.165) is 30.2 Å². The molecule has 3 fully saturated rings. The van der Waals surface area contributed by atoms with Gasteiger partial charge in [0.05, 0.1) is 18.8 Å². The van der Waals surface area contributed by atoms with Crippen molar-refractivity contribution in [2.45, 2.75) is 57.2 Å². The van der Waals surface area contributed by atoms with E-state index in [1.165, 1.54) is 12.1 Å². The number of amides is 1. The van der Waals surface area contributed by atoms with Gasteiger partial charge < -0.3 is 24.6 Å². The van der Waals surface area contributed by atoms with Crippen molar-refractivity contribution < 1.29 is 14.3 Å². The maximum Gasteiger partial charge on any atom is 0.415 e. The molecule has 0 aliphatic carbocycles. The van der Waals surface area contributed by atoms with Gasteiger partial charge in [-0.25, -0.2) is 14.8 Å². The molecule has 3 saturated heterocycles. The number of aromatic nitrogens is 3. The number of hydrogen-bond donors (Lipinski definition) is 1. The van der Waals surface area contributed by atoms with E-state index >= 15 is 0 Å². The fraction of sp³-hybridized carbons (Fsp3) is 0.500. The third kappa shape index (κ3) is 5.25. The molecule has 11 heteroatoms. The second-order valence-corrected chi connectivity index (χ2v) is 13.4. The molecule has 1 amide bonds. The zero-order valence-electron chi connectivity index (χ0n) is 25.6. The third-order valence-corrected chi connectivity index (χ3v) is 9.01. The van der Waals surface area contributed by atoms with Crippen molar-refractivity contribution in [2.75, 3.05) is 66.5 Å². The maximum absolute atomic E-state index is 12.2. The van der Waals surface area contributed by atoms with Gasteiger partial charge in [-0.2, -0.15) is 4.98 Å². The van der Waals surface area contributed by atoms with Crippen LogP contribution in [0.15, 0.2) is 48.7 Å². The first kappa shape index (κ1) is 27.8. The number of nitrogens with one attached hydrogen (secondary N) is 1. The SMILES string of the molecule is CN1C[C@H]2C[C@@H]1CN2c1ccc(Nc2ncc3c(n2)N(c2cccc(N4CCOC4=O)n2)CC3(C)COC(C)(C)C)cc1. The molecule has 1 unspecified atom stereocenters. The van der Waals surface area contributed by atoms with E-state index < -0.39 is 0 Å². The van der Waals surface area contributed by atoms with E-state index in [0.29, 0.717) is 56.0 Å². The van der Waals surface area contributed by atoms with Gasteiger partial charge in [0.2, 0.25) is 5.95 Å². The van der Waals surface area contributed by atoms with Crippen LogP contribution in [0.25, 0.3) is 0 Å². The molecule has 11 nitrogen and oxygen atoms in total. The molecule has 0 radical (unpaired) electrons. The Morgan fingerprint density at radius 2 is 1.81 bits per heavy atom. The number of carbonyl (C=O) groups is 1. The lowest BCUT2D eigenvalue weighted by Gasteiger charge is -2.33. The molecule has 3 atom stereocenters. The van der Waals surface area contributed by atoms with Crippen molar-refractivity contribution in [2.24, 2.45) is 0 Å². The average molecular weight is 585 g/mol. The fourth-order valence-electron chi connectivity index (χ4n) is 6.62. The molecule has 2 bridgehead atoms. The molecule has 0 spiro atoms. The minimum absolute atomic E-state index is 0.288. The standard InChI is InChI=1S/C32H40N8O3/c1-31(2,3)43-20-32(4)19-40(27-8-6-7-26(35-27)38-13-14-42-30(38)41)28-25(32)16-33-29(36-28)34-21-9-11-22(12-10-21)39-18-23-15-24(39)17-37(23)5/h6-12,16,23-24H,13-15,17-20H2,1-5H3,(H,33,34,36)/t23-,24-,32?/m1/s1. The second-order valence-electron chi connectivity index (χ2n) is 13.4. The number of anilines is 6. The summed E-state index contributed by atoms with van der Waals surface area (Å²) in [6, 6.07) is 15.5. The van der Waals surface area contributed by atoms with Gasteiger partial charge in [0.1, 0.15) is 24.1 Å². The Kier molecular flexibility index (Phi) is 6.70. The number of likely N-dealkylation sites (N-methyl/N-ethyl adjacent to an activating group) is 1. The molecular formula is C32H40N8O3. The second kappa shape index (κ2) is 10.3. The van der Waals surface area contributed by atoms with Crippen LogP contribution in [0.4, 0.5) is 39.6 Å². The van der Waals surface area contributed by atoms with E-state index in [4.69, 9.17) is 24.4 Å². The molecule has 43 heavy (non-hydrogen) atoms. The van der Waals surface area contributed by atoms with Crippen LogP contribution in [0.3, 0.4) is 0 Å². The van der Waals surface area contributed by atoms with Gasteiger partial charge in [0, 0.05) is 60.3 Å². The lowest BCUT2D eigenvalue weighted by molar-refractivity contribution is -0.0252. The number of piperazine rings is 1. The van der Waals surface area contributed by atoms with E-state index in [-0.39, 0.29) is 17.1 Å². The Bertz CT molecular complexity index is 1520. The summed E-state index contributed by atoms with van der Waals surface area (Å²) in [6.07, 6.45) is 2.78. The van der Waals surface area contributed by atoms with Crippen molar-refractivity contribution in [3.05, 3.63) is 54.2 Å². The van der Waals surface area contributed by atoms with E-state index in [2.05, 4.69) is 79.0 Å². The first-order valence-electron chi connectivity index (χ1n) is 15.1. The maximum atomic E-state index is 12.2. The Morgan fingerprint density at radius 1 is 1.05 bits per heavy atom. The number of likely N-dealkylation sites (tertiary alicyclic amines) is 1. The fourth-order valence-corrected chi connectivity index (χ4v) is 6.62. The first-order chi connectivity index (χ1) is 20.6. The number of cyclic esters (lactones) is 1. The number of hydrogen-bond acceptors (Lipinski definition) is 10. The Morgan fingerprint density at radius 3 is 2.47 bits per heavy atom. The number of rotatable bonds is 7.